The first-order valence-electron chi connectivity index (χ1n) is 6.46. The molecule has 2 heterocycles. The van der Waals surface area contributed by atoms with Crippen molar-refractivity contribution in [3.05, 3.63) is 35.8 Å². The van der Waals surface area contributed by atoms with Gasteiger partial charge in [-0.25, -0.2) is 9.50 Å². The van der Waals surface area contributed by atoms with Crippen LogP contribution in [0.3, 0.4) is 0 Å². The molecule has 0 aliphatic rings. The van der Waals surface area contributed by atoms with Gasteiger partial charge in [0.05, 0.1) is 0 Å². The lowest BCUT2D eigenvalue weighted by Gasteiger charge is -2.10. The Morgan fingerprint density at radius 1 is 1.27 bits per heavy atom. The molecule has 0 atom stereocenters. The van der Waals surface area contributed by atoms with Gasteiger partial charge < -0.3 is 15.5 Å². The molecule has 2 aromatic heterocycles. The maximum absolute atomic E-state index is 12.2. The topological polar surface area (TPSA) is 117 Å². The number of carbonyl (C=O) groups is 2. The van der Waals surface area contributed by atoms with E-state index in [0.717, 1.165) is 0 Å². The molecule has 0 saturated carbocycles. The third kappa shape index (κ3) is 2.10. The number of amides is 1. The van der Waals surface area contributed by atoms with Crippen LogP contribution in [0.15, 0.2) is 24.3 Å². The van der Waals surface area contributed by atoms with Gasteiger partial charge in [-0.15, -0.1) is 0 Å². The molecule has 1 aromatic carbocycles. The number of aromatic hydroxyl groups is 1. The Morgan fingerprint density at radius 2 is 1.95 bits per heavy atom. The van der Waals surface area contributed by atoms with Crippen molar-refractivity contribution in [3.63, 3.8) is 0 Å². The van der Waals surface area contributed by atoms with E-state index in [2.05, 4.69) is 15.4 Å². The van der Waals surface area contributed by atoms with Crippen LogP contribution in [0.5, 0.6) is 5.75 Å². The van der Waals surface area contributed by atoms with Crippen molar-refractivity contribution in [1.29, 1.82) is 0 Å². The number of rotatable bonds is 3. The minimum Gasteiger partial charge on any atom is -0.505 e. The van der Waals surface area contributed by atoms with Crippen LogP contribution in [0, 0.1) is 6.92 Å². The van der Waals surface area contributed by atoms with Gasteiger partial charge in [0.15, 0.2) is 17.1 Å². The number of nitrogens with zero attached hydrogens (tertiary/aromatic N) is 3. The van der Waals surface area contributed by atoms with Gasteiger partial charge in [0, 0.05) is 10.8 Å². The minimum atomic E-state index is -1.18. The molecule has 1 amide bonds. The Morgan fingerprint density at radius 3 is 2.64 bits per heavy atom. The number of carbonyl (C=O) groups excluding carboxylic acids is 1. The Balaban J connectivity index is 2.29. The lowest BCUT2D eigenvalue weighted by Crippen LogP contribution is -2.31. The first-order valence-corrected chi connectivity index (χ1v) is 6.46. The highest BCUT2D eigenvalue weighted by atomic mass is 16.4. The number of nitrogens with one attached hydrogen (secondary N) is 1. The van der Waals surface area contributed by atoms with Gasteiger partial charge in [-0.1, -0.05) is 24.3 Å². The second-order valence-corrected chi connectivity index (χ2v) is 4.71. The summed E-state index contributed by atoms with van der Waals surface area (Å²) in [5.41, 5.74) is 0.280. The Hall–Kier alpha value is -3.16. The number of benzene rings is 1. The summed E-state index contributed by atoms with van der Waals surface area (Å²) in [4.78, 5) is 27.1. The molecule has 0 bridgehead atoms. The molecule has 3 N–H and O–H groups in total. The summed E-state index contributed by atoms with van der Waals surface area (Å²) in [6, 6.07) is 6.93. The molecular weight excluding hydrogens is 288 g/mol. The molecular formula is C14H12N4O4. The average molecular weight is 300 g/mol. The SMILES string of the molecule is Cc1nc2c3ccccc3c(O)c(C(=O)NCC(=O)O)n2n1. The highest BCUT2D eigenvalue weighted by Gasteiger charge is 2.22. The van der Waals surface area contributed by atoms with Crippen molar-refractivity contribution < 1.29 is 19.8 Å². The molecule has 22 heavy (non-hydrogen) atoms. The van der Waals surface area contributed by atoms with E-state index in [0.29, 0.717) is 22.2 Å². The van der Waals surface area contributed by atoms with E-state index in [1.165, 1.54) is 4.52 Å². The maximum Gasteiger partial charge on any atom is 0.322 e. The molecule has 0 spiro atoms. The van der Waals surface area contributed by atoms with E-state index in [1.807, 2.05) is 0 Å². The first-order chi connectivity index (χ1) is 10.5. The molecule has 8 heteroatoms. The zero-order valence-electron chi connectivity index (χ0n) is 11.6. The van der Waals surface area contributed by atoms with Crippen molar-refractivity contribution in [2.24, 2.45) is 0 Å². The van der Waals surface area contributed by atoms with Crippen LogP contribution in [-0.2, 0) is 4.79 Å². The molecule has 3 aromatic rings. The molecule has 0 saturated heterocycles. The summed E-state index contributed by atoms with van der Waals surface area (Å²) in [6.45, 7) is 1.11. The third-order valence-electron chi connectivity index (χ3n) is 3.19. The molecule has 0 radical (unpaired) electrons. The van der Waals surface area contributed by atoms with Crippen molar-refractivity contribution in [1.82, 2.24) is 19.9 Å². The highest BCUT2D eigenvalue weighted by Crippen LogP contribution is 2.31. The first kappa shape index (κ1) is 13.8. The number of aliphatic carboxylic acids is 1. The van der Waals surface area contributed by atoms with Crippen LogP contribution in [0.25, 0.3) is 16.4 Å². The van der Waals surface area contributed by atoms with Crippen molar-refractivity contribution in [3.8, 4) is 5.75 Å². The lowest BCUT2D eigenvalue weighted by atomic mass is 10.1. The van der Waals surface area contributed by atoms with Gasteiger partial charge in [0.2, 0.25) is 0 Å². The van der Waals surface area contributed by atoms with Crippen LogP contribution >= 0.6 is 0 Å². The zero-order chi connectivity index (χ0) is 15.9. The number of carboxylic acid groups (broad SMARTS) is 1. The molecule has 0 aliphatic carbocycles. The molecule has 0 fully saturated rings. The fourth-order valence-electron chi connectivity index (χ4n) is 2.30. The summed E-state index contributed by atoms with van der Waals surface area (Å²) in [7, 11) is 0. The predicted octanol–water partition coefficient (Wildman–Crippen LogP) is 0.711. The van der Waals surface area contributed by atoms with E-state index in [-0.39, 0.29) is 11.4 Å². The van der Waals surface area contributed by atoms with Crippen LogP contribution in [0.1, 0.15) is 16.3 Å². The van der Waals surface area contributed by atoms with Gasteiger partial charge in [-0.2, -0.15) is 5.10 Å². The molecule has 112 valence electrons. The minimum absolute atomic E-state index is 0.143. The Kier molecular flexibility index (Phi) is 3.13. The number of aromatic nitrogens is 3. The monoisotopic (exact) mass is 300 g/mol. The van der Waals surface area contributed by atoms with Crippen LogP contribution in [0.2, 0.25) is 0 Å². The number of hydrogen-bond donors (Lipinski definition) is 3. The average Bonchev–Trinajstić information content (AvgIpc) is 2.87. The number of aryl methyl sites for hydroxylation is 1. The highest BCUT2D eigenvalue weighted by molar-refractivity contribution is 6.06. The second kappa shape index (κ2) is 4.99. The van der Waals surface area contributed by atoms with E-state index in [4.69, 9.17) is 5.11 Å². The molecule has 0 unspecified atom stereocenters. The molecule has 0 aliphatic heterocycles. The van der Waals surface area contributed by atoms with Crippen LogP contribution in [0.4, 0.5) is 0 Å². The summed E-state index contributed by atoms with van der Waals surface area (Å²) in [5, 5.41) is 26.5. The van der Waals surface area contributed by atoms with E-state index >= 15 is 0 Å². The maximum atomic E-state index is 12.2. The smallest absolute Gasteiger partial charge is 0.322 e. The largest absolute Gasteiger partial charge is 0.505 e. The second-order valence-electron chi connectivity index (χ2n) is 4.71. The van der Waals surface area contributed by atoms with Gasteiger partial charge in [-0.05, 0) is 6.92 Å². The summed E-state index contributed by atoms with van der Waals surface area (Å²) < 4.78 is 1.23. The number of carboxylic acids is 1. The van der Waals surface area contributed by atoms with Gasteiger partial charge in [0.1, 0.15) is 12.4 Å². The van der Waals surface area contributed by atoms with Crippen molar-refractivity contribution >= 4 is 28.3 Å². The van der Waals surface area contributed by atoms with Gasteiger partial charge in [-0.3, -0.25) is 9.59 Å². The fourth-order valence-corrected chi connectivity index (χ4v) is 2.30. The predicted molar refractivity (Wildman–Crippen MR) is 76.9 cm³/mol. The number of fused-ring (bicyclic) bond motifs is 3. The quantitative estimate of drug-likeness (QED) is 0.656. The summed E-state index contributed by atoms with van der Waals surface area (Å²) in [5.74, 6) is -1.75. The number of pyridine rings is 1. The fraction of sp³-hybridized carbons (Fsp3) is 0.143. The van der Waals surface area contributed by atoms with Crippen molar-refractivity contribution in [2.45, 2.75) is 6.92 Å². The van der Waals surface area contributed by atoms with E-state index in [1.54, 1.807) is 31.2 Å². The molecule has 8 nitrogen and oxygen atoms in total. The Bertz CT molecular complexity index is 916. The number of hydrogen-bond acceptors (Lipinski definition) is 5. The van der Waals surface area contributed by atoms with Crippen molar-refractivity contribution in [2.75, 3.05) is 6.54 Å². The lowest BCUT2D eigenvalue weighted by molar-refractivity contribution is -0.135. The third-order valence-corrected chi connectivity index (χ3v) is 3.19. The van der Waals surface area contributed by atoms with Gasteiger partial charge in [0.25, 0.3) is 5.91 Å². The van der Waals surface area contributed by atoms with E-state index < -0.39 is 18.4 Å². The zero-order valence-corrected chi connectivity index (χ0v) is 11.6. The Labute approximate surface area is 124 Å². The molecule has 3 rings (SSSR count). The van der Waals surface area contributed by atoms with Gasteiger partial charge >= 0.3 is 5.97 Å². The summed E-state index contributed by atoms with van der Waals surface area (Å²) >= 11 is 0. The van der Waals surface area contributed by atoms with Crippen LogP contribution < -0.4 is 5.32 Å². The summed E-state index contributed by atoms with van der Waals surface area (Å²) in [6.07, 6.45) is 0. The van der Waals surface area contributed by atoms with E-state index in [9.17, 15) is 14.7 Å². The normalized spacial score (nSPS) is 11.0. The standard InChI is InChI=1S/C14H12N4O4/c1-7-16-13-9-5-3-2-4-8(9)12(21)11(18(13)17-7)14(22)15-6-10(19)20/h2-5,21H,6H2,1H3,(H,15,22)(H,19,20). The van der Waals surface area contributed by atoms with Crippen LogP contribution in [-0.4, -0.2) is 43.2 Å².